The molecule has 1 aromatic rings. The van der Waals surface area contributed by atoms with E-state index in [4.69, 9.17) is 14.2 Å². The topological polar surface area (TPSA) is 60.0 Å². The third-order valence-corrected chi connectivity index (χ3v) is 3.67. The molecule has 1 heterocycles. The molecule has 1 aromatic carbocycles. The Morgan fingerprint density at radius 2 is 2.00 bits per heavy atom. The maximum atomic E-state index is 12.5. The molecule has 6 heteroatoms. The van der Waals surface area contributed by atoms with Gasteiger partial charge in [0.15, 0.2) is 0 Å². The van der Waals surface area contributed by atoms with Crippen molar-refractivity contribution in [3.05, 3.63) is 23.8 Å². The van der Waals surface area contributed by atoms with E-state index in [0.717, 1.165) is 17.9 Å². The van der Waals surface area contributed by atoms with Gasteiger partial charge < -0.3 is 19.5 Å². The molecule has 128 valence electrons. The first-order valence-corrected chi connectivity index (χ1v) is 7.78. The summed E-state index contributed by atoms with van der Waals surface area (Å²) >= 11 is 0. The summed E-state index contributed by atoms with van der Waals surface area (Å²) in [4.78, 5) is 14.3. The summed E-state index contributed by atoms with van der Waals surface area (Å²) in [6, 6.07) is 5.50. The van der Waals surface area contributed by atoms with E-state index in [9.17, 15) is 4.79 Å². The highest BCUT2D eigenvalue weighted by atomic mass is 16.6. The molecule has 0 saturated carbocycles. The fourth-order valence-electron chi connectivity index (χ4n) is 2.61. The molecule has 1 saturated heterocycles. The maximum absolute atomic E-state index is 12.5. The summed E-state index contributed by atoms with van der Waals surface area (Å²) in [6.07, 6.45) is -0.304. The number of hydrogen-bond donors (Lipinski definition) is 1. The van der Waals surface area contributed by atoms with Crippen LogP contribution in [-0.4, -0.2) is 50.4 Å². The molecule has 1 aliphatic rings. The number of ether oxygens (including phenoxy) is 3. The first kappa shape index (κ1) is 17.4. The average Bonchev–Trinajstić information content (AvgIpc) is 2.52. The van der Waals surface area contributed by atoms with Gasteiger partial charge in [0.1, 0.15) is 17.1 Å². The van der Waals surface area contributed by atoms with Crippen LogP contribution in [0.25, 0.3) is 0 Å². The largest absolute Gasteiger partial charge is 0.497 e. The molecule has 2 rings (SSSR count). The number of carbonyl (C=O) groups is 1. The van der Waals surface area contributed by atoms with Gasteiger partial charge in [0.05, 0.1) is 20.3 Å². The number of nitrogens with zero attached hydrogens (tertiary/aromatic N) is 1. The number of benzene rings is 1. The van der Waals surface area contributed by atoms with E-state index in [0.29, 0.717) is 18.8 Å². The molecule has 23 heavy (non-hydrogen) atoms. The summed E-state index contributed by atoms with van der Waals surface area (Å²) in [7, 11) is 3.23. The molecule has 1 fully saturated rings. The fourth-order valence-corrected chi connectivity index (χ4v) is 2.61. The highest BCUT2D eigenvalue weighted by molar-refractivity contribution is 5.69. The third-order valence-electron chi connectivity index (χ3n) is 3.67. The first-order valence-electron chi connectivity index (χ1n) is 7.78. The minimum atomic E-state index is -0.517. The Labute approximate surface area is 137 Å². The molecule has 1 atom stereocenters. The van der Waals surface area contributed by atoms with E-state index < -0.39 is 5.60 Å². The quantitative estimate of drug-likeness (QED) is 0.927. The molecule has 0 unspecified atom stereocenters. The van der Waals surface area contributed by atoms with Gasteiger partial charge in [-0.15, -0.1) is 0 Å². The second kappa shape index (κ2) is 7.08. The predicted molar refractivity (Wildman–Crippen MR) is 88.1 cm³/mol. The highest BCUT2D eigenvalue weighted by Crippen LogP contribution is 2.34. The van der Waals surface area contributed by atoms with Crippen molar-refractivity contribution in [1.29, 1.82) is 0 Å². The van der Waals surface area contributed by atoms with Gasteiger partial charge >= 0.3 is 6.09 Å². The number of carbonyl (C=O) groups excluding carboxylic acids is 1. The van der Waals surface area contributed by atoms with Gasteiger partial charge in [0, 0.05) is 31.3 Å². The van der Waals surface area contributed by atoms with Gasteiger partial charge in [-0.3, -0.25) is 4.90 Å². The van der Waals surface area contributed by atoms with Crippen LogP contribution >= 0.6 is 0 Å². The van der Waals surface area contributed by atoms with Gasteiger partial charge in [-0.2, -0.15) is 0 Å². The average molecular weight is 322 g/mol. The summed E-state index contributed by atoms with van der Waals surface area (Å²) < 4.78 is 16.3. The van der Waals surface area contributed by atoms with Crippen molar-refractivity contribution in [3.8, 4) is 11.5 Å². The molecule has 0 aliphatic carbocycles. The van der Waals surface area contributed by atoms with Crippen LogP contribution in [0.15, 0.2) is 18.2 Å². The standard InChI is InChI=1S/C17H26N2O4/c1-17(2,3)23-16(20)19-9-8-18-11-14(19)13-7-6-12(21-4)10-15(13)22-5/h6-7,10,14,18H,8-9,11H2,1-5H3/t14-/m1/s1. The molecular formula is C17H26N2O4. The van der Waals surface area contributed by atoms with Gasteiger partial charge in [0.25, 0.3) is 0 Å². The van der Waals surface area contributed by atoms with Crippen molar-refractivity contribution in [2.45, 2.75) is 32.4 Å². The minimum Gasteiger partial charge on any atom is -0.497 e. The van der Waals surface area contributed by atoms with Crippen LogP contribution in [-0.2, 0) is 4.74 Å². The lowest BCUT2D eigenvalue weighted by Crippen LogP contribution is -2.50. The second-order valence-corrected chi connectivity index (χ2v) is 6.50. The Morgan fingerprint density at radius 1 is 1.26 bits per heavy atom. The number of nitrogens with one attached hydrogen (secondary N) is 1. The zero-order valence-electron chi connectivity index (χ0n) is 14.5. The SMILES string of the molecule is COc1ccc([C@H]2CNCCN2C(=O)OC(C)(C)C)c(OC)c1. The van der Waals surface area contributed by atoms with E-state index in [-0.39, 0.29) is 12.1 Å². The molecule has 1 aliphatic heterocycles. The predicted octanol–water partition coefficient (Wildman–Crippen LogP) is 2.59. The van der Waals surface area contributed by atoms with Gasteiger partial charge in [-0.1, -0.05) is 0 Å². The molecule has 0 bridgehead atoms. The van der Waals surface area contributed by atoms with E-state index in [2.05, 4.69) is 5.32 Å². The molecule has 6 nitrogen and oxygen atoms in total. The summed E-state index contributed by atoms with van der Waals surface area (Å²) in [5.74, 6) is 1.42. The lowest BCUT2D eigenvalue weighted by Gasteiger charge is -2.37. The van der Waals surface area contributed by atoms with Crippen LogP contribution < -0.4 is 14.8 Å². The van der Waals surface area contributed by atoms with Crippen molar-refractivity contribution in [2.24, 2.45) is 0 Å². The van der Waals surface area contributed by atoms with Crippen molar-refractivity contribution in [1.82, 2.24) is 10.2 Å². The normalized spacial score (nSPS) is 18.5. The molecule has 1 amide bonds. The van der Waals surface area contributed by atoms with E-state index in [1.165, 1.54) is 0 Å². The zero-order valence-corrected chi connectivity index (χ0v) is 14.5. The van der Waals surface area contributed by atoms with Crippen LogP contribution in [0.2, 0.25) is 0 Å². The Bertz CT molecular complexity index is 554. The van der Waals surface area contributed by atoms with Crippen LogP contribution in [0.1, 0.15) is 32.4 Å². The zero-order chi connectivity index (χ0) is 17.0. The molecule has 0 aromatic heterocycles. The number of amides is 1. The minimum absolute atomic E-state index is 0.139. The molecule has 0 radical (unpaired) electrons. The smallest absolute Gasteiger partial charge is 0.410 e. The van der Waals surface area contributed by atoms with Gasteiger partial charge in [0.2, 0.25) is 0 Å². The van der Waals surface area contributed by atoms with E-state index in [1.807, 2.05) is 39.0 Å². The fraction of sp³-hybridized carbons (Fsp3) is 0.588. The Morgan fingerprint density at radius 3 is 2.61 bits per heavy atom. The Kier molecular flexibility index (Phi) is 5.36. The highest BCUT2D eigenvalue weighted by Gasteiger charge is 2.33. The Balaban J connectivity index is 2.29. The molecular weight excluding hydrogens is 296 g/mol. The van der Waals surface area contributed by atoms with Gasteiger partial charge in [-0.25, -0.2) is 4.79 Å². The first-order chi connectivity index (χ1) is 10.9. The summed E-state index contributed by atoms with van der Waals surface area (Å²) in [5.41, 5.74) is 0.419. The monoisotopic (exact) mass is 322 g/mol. The van der Waals surface area contributed by atoms with Crippen molar-refractivity contribution < 1.29 is 19.0 Å². The Hall–Kier alpha value is -1.95. The number of rotatable bonds is 3. The number of piperazine rings is 1. The lowest BCUT2D eigenvalue weighted by atomic mass is 10.0. The van der Waals surface area contributed by atoms with Crippen molar-refractivity contribution in [3.63, 3.8) is 0 Å². The van der Waals surface area contributed by atoms with Gasteiger partial charge in [-0.05, 0) is 32.9 Å². The van der Waals surface area contributed by atoms with E-state index in [1.54, 1.807) is 19.1 Å². The maximum Gasteiger partial charge on any atom is 0.410 e. The van der Waals surface area contributed by atoms with Crippen LogP contribution in [0.4, 0.5) is 4.79 Å². The van der Waals surface area contributed by atoms with Crippen molar-refractivity contribution >= 4 is 6.09 Å². The summed E-state index contributed by atoms with van der Waals surface area (Å²) in [5, 5.41) is 3.32. The van der Waals surface area contributed by atoms with Crippen LogP contribution in [0.3, 0.4) is 0 Å². The van der Waals surface area contributed by atoms with Crippen LogP contribution in [0, 0.1) is 0 Å². The number of methoxy groups -OCH3 is 2. The van der Waals surface area contributed by atoms with Crippen molar-refractivity contribution in [2.75, 3.05) is 33.9 Å². The molecule has 1 N–H and O–H groups in total. The number of hydrogen-bond acceptors (Lipinski definition) is 5. The summed E-state index contributed by atoms with van der Waals surface area (Å²) in [6.45, 7) is 7.60. The third kappa shape index (κ3) is 4.28. The lowest BCUT2D eigenvalue weighted by molar-refractivity contribution is 0.0116. The second-order valence-electron chi connectivity index (χ2n) is 6.50. The van der Waals surface area contributed by atoms with Crippen LogP contribution in [0.5, 0.6) is 11.5 Å². The van der Waals surface area contributed by atoms with E-state index >= 15 is 0 Å². The molecule has 0 spiro atoms.